The van der Waals surface area contributed by atoms with Gasteiger partial charge in [-0.15, -0.1) is 0 Å². The molecule has 0 spiro atoms. The van der Waals surface area contributed by atoms with Gasteiger partial charge in [-0.1, -0.05) is 24.4 Å². The lowest BCUT2D eigenvalue weighted by atomic mass is 10.1. The highest BCUT2D eigenvalue weighted by Crippen LogP contribution is 2.33. The van der Waals surface area contributed by atoms with E-state index in [1.54, 1.807) is 6.07 Å². The first kappa shape index (κ1) is 14.1. The van der Waals surface area contributed by atoms with E-state index < -0.39 is 0 Å². The average molecular weight is 289 g/mol. The molecule has 1 unspecified atom stereocenters. The second kappa shape index (κ2) is 6.75. The van der Waals surface area contributed by atoms with Crippen molar-refractivity contribution in [2.75, 3.05) is 5.75 Å². The molecular formula is C13H18ClFN2S. The molecule has 1 saturated carbocycles. The van der Waals surface area contributed by atoms with Gasteiger partial charge in [-0.05, 0) is 36.6 Å². The van der Waals surface area contributed by atoms with Crippen LogP contribution in [0.15, 0.2) is 18.2 Å². The van der Waals surface area contributed by atoms with Gasteiger partial charge >= 0.3 is 0 Å². The Morgan fingerprint density at radius 2 is 2.17 bits per heavy atom. The Hall–Kier alpha value is -0.290. The Morgan fingerprint density at radius 3 is 2.83 bits per heavy atom. The number of rotatable bonds is 5. The third-order valence-electron chi connectivity index (χ3n) is 3.34. The fourth-order valence-electron chi connectivity index (χ4n) is 2.30. The molecule has 0 bridgehead atoms. The molecule has 1 atom stereocenters. The maximum atomic E-state index is 13.3. The first-order valence-electron chi connectivity index (χ1n) is 6.23. The number of thioether (sulfide) groups is 1. The number of hydrogen-bond donors (Lipinski definition) is 2. The summed E-state index contributed by atoms with van der Waals surface area (Å²) in [5.41, 5.74) is 3.48. The lowest BCUT2D eigenvalue weighted by molar-refractivity contribution is 0.590. The van der Waals surface area contributed by atoms with Crippen molar-refractivity contribution in [2.45, 2.75) is 37.0 Å². The Balaban J connectivity index is 2.00. The smallest absolute Gasteiger partial charge is 0.123 e. The first-order chi connectivity index (χ1) is 8.70. The number of nitrogens with one attached hydrogen (secondary N) is 1. The molecule has 100 valence electrons. The maximum Gasteiger partial charge on any atom is 0.123 e. The quantitative estimate of drug-likeness (QED) is 0.641. The molecule has 1 aliphatic rings. The summed E-state index contributed by atoms with van der Waals surface area (Å²) in [5.74, 6) is 6.11. The van der Waals surface area contributed by atoms with Gasteiger partial charge in [0.05, 0.1) is 6.04 Å². The molecule has 0 radical (unpaired) electrons. The van der Waals surface area contributed by atoms with Crippen LogP contribution >= 0.6 is 23.4 Å². The van der Waals surface area contributed by atoms with E-state index in [1.165, 1.54) is 37.8 Å². The third kappa shape index (κ3) is 3.60. The molecule has 0 saturated heterocycles. The van der Waals surface area contributed by atoms with Crippen LogP contribution in [0.2, 0.25) is 5.02 Å². The Labute approximate surface area is 116 Å². The van der Waals surface area contributed by atoms with Crippen molar-refractivity contribution < 1.29 is 4.39 Å². The van der Waals surface area contributed by atoms with Gasteiger partial charge in [0.1, 0.15) is 5.82 Å². The van der Waals surface area contributed by atoms with Gasteiger partial charge in [-0.25, -0.2) is 4.39 Å². The fourth-order valence-corrected chi connectivity index (χ4v) is 3.95. The summed E-state index contributed by atoms with van der Waals surface area (Å²) >= 11 is 8.00. The van der Waals surface area contributed by atoms with Gasteiger partial charge in [0, 0.05) is 16.0 Å². The zero-order valence-corrected chi connectivity index (χ0v) is 11.7. The normalized spacial score (nSPS) is 18.2. The predicted molar refractivity (Wildman–Crippen MR) is 76.2 cm³/mol. The molecule has 2 nitrogen and oxygen atoms in total. The van der Waals surface area contributed by atoms with Crippen LogP contribution in [-0.4, -0.2) is 11.0 Å². The molecule has 18 heavy (non-hydrogen) atoms. The topological polar surface area (TPSA) is 38.0 Å². The molecule has 1 aliphatic carbocycles. The predicted octanol–water partition coefficient (Wildman–Crippen LogP) is 3.66. The zero-order valence-electron chi connectivity index (χ0n) is 10.2. The van der Waals surface area contributed by atoms with Crippen LogP contribution in [0.5, 0.6) is 0 Å². The highest BCUT2D eigenvalue weighted by molar-refractivity contribution is 7.99. The van der Waals surface area contributed by atoms with E-state index >= 15 is 0 Å². The van der Waals surface area contributed by atoms with Crippen LogP contribution in [0.1, 0.15) is 37.3 Å². The lowest BCUT2D eigenvalue weighted by Gasteiger charge is -2.19. The van der Waals surface area contributed by atoms with Crippen LogP contribution in [0.4, 0.5) is 4.39 Å². The van der Waals surface area contributed by atoms with Crippen molar-refractivity contribution in [1.29, 1.82) is 0 Å². The molecule has 1 fully saturated rings. The Morgan fingerprint density at radius 1 is 1.44 bits per heavy atom. The maximum absolute atomic E-state index is 13.3. The van der Waals surface area contributed by atoms with E-state index in [0.29, 0.717) is 10.3 Å². The van der Waals surface area contributed by atoms with E-state index in [2.05, 4.69) is 5.43 Å². The molecule has 0 aliphatic heterocycles. The fraction of sp³-hybridized carbons (Fsp3) is 0.538. The molecule has 5 heteroatoms. The molecule has 1 aromatic carbocycles. The highest BCUT2D eigenvalue weighted by atomic mass is 35.5. The monoisotopic (exact) mass is 288 g/mol. The average Bonchev–Trinajstić information content (AvgIpc) is 2.87. The summed E-state index contributed by atoms with van der Waals surface area (Å²) in [5, 5.41) is 1.28. The molecule has 2 rings (SSSR count). The SMILES string of the molecule is NNC(CSC1CCCC1)c1cc(F)ccc1Cl. The lowest BCUT2D eigenvalue weighted by Crippen LogP contribution is -2.30. The van der Waals surface area contributed by atoms with Gasteiger partial charge in [-0.2, -0.15) is 11.8 Å². The minimum Gasteiger partial charge on any atom is -0.271 e. The number of hydrogen-bond acceptors (Lipinski definition) is 3. The van der Waals surface area contributed by atoms with Crippen molar-refractivity contribution in [3.8, 4) is 0 Å². The van der Waals surface area contributed by atoms with Gasteiger partial charge in [0.25, 0.3) is 0 Å². The first-order valence-corrected chi connectivity index (χ1v) is 7.66. The molecule has 0 amide bonds. The number of halogens is 2. The molecule has 0 aromatic heterocycles. The van der Waals surface area contributed by atoms with Gasteiger partial charge in [0.2, 0.25) is 0 Å². The molecule has 1 aromatic rings. The van der Waals surface area contributed by atoms with Crippen molar-refractivity contribution in [3.63, 3.8) is 0 Å². The summed E-state index contributed by atoms with van der Waals surface area (Å²) in [4.78, 5) is 0. The summed E-state index contributed by atoms with van der Waals surface area (Å²) in [6, 6.07) is 4.31. The number of nitrogens with two attached hydrogens (primary N) is 1. The largest absolute Gasteiger partial charge is 0.271 e. The van der Waals surface area contributed by atoms with Gasteiger partial charge in [0.15, 0.2) is 0 Å². The van der Waals surface area contributed by atoms with Crippen molar-refractivity contribution in [3.05, 3.63) is 34.6 Å². The van der Waals surface area contributed by atoms with Crippen LogP contribution in [0, 0.1) is 5.82 Å². The highest BCUT2D eigenvalue weighted by Gasteiger charge is 2.19. The van der Waals surface area contributed by atoms with Gasteiger partial charge < -0.3 is 0 Å². The summed E-state index contributed by atoms with van der Waals surface area (Å²) < 4.78 is 13.3. The molecule has 3 N–H and O–H groups in total. The zero-order chi connectivity index (χ0) is 13.0. The van der Waals surface area contributed by atoms with E-state index in [9.17, 15) is 4.39 Å². The number of benzene rings is 1. The van der Waals surface area contributed by atoms with Crippen LogP contribution < -0.4 is 11.3 Å². The number of hydrazine groups is 1. The van der Waals surface area contributed by atoms with Crippen molar-refractivity contribution in [2.24, 2.45) is 5.84 Å². The second-order valence-electron chi connectivity index (χ2n) is 4.62. The van der Waals surface area contributed by atoms with Gasteiger partial charge in [-0.3, -0.25) is 11.3 Å². The third-order valence-corrected chi connectivity index (χ3v) is 5.15. The molecule has 0 heterocycles. The second-order valence-corrected chi connectivity index (χ2v) is 6.37. The van der Waals surface area contributed by atoms with E-state index in [1.807, 2.05) is 11.8 Å². The summed E-state index contributed by atoms with van der Waals surface area (Å²) in [6.45, 7) is 0. The van der Waals surface area contributed by atoms with E-state index in [0.717, 1.165) is 11.3 Å². The summed E-state index contributed by atoms with van der Waals surface area (Å²) in [7, 11) is 0. The minimum atomic E-state index is -0.277. The van der Waals surface area contributed by atoms with E-state index in [4.69, 9.17) is 17.4 Å². The summed E-state index contributed by atoms with van der Waals surface area (Å²) in [6.07, 6.45) is 5.19. The van der Waals surface area contributed by atoms with Crippen LogP contribution in [0.3, 0.4) is 0 Å². The Kier molecular flexibility index (Phi) is 5.30. The Bertz CT molecular complexity index is 397. The van der Waals surface area contributed by atoms with E-state index in [-0.39, 0.29) is 11.9 Å². The minimum absolute atomic E-state index is 0.0983. The standard InChI is InChI=1S/C13H18ClFN2S/c14-12-6-5-9(15)7-11(12)13(17-16)8-18-10-3-1-2-4-10/h5-7,10,13,17H,1-4,8,16H2. The van der Waals surface area contributed by atoms with Crippen LogP contribution in [-0.2, 0) is 0 Å². The van der Waals surface area contributed by atoms with Crippen molar-refractivity contribution >= 4 is 23.4 Å². The molecular weight excluding hydrogens is 271 g/mol. The van der Waals surface area contributed by atoms with Crippen LogP contribution in [0.25, 0.3) is 0 Å². The van der Waals surface area contributed by atoms with Crippen molar-refractivity contribution in [1.82, 2.24) is 5.43 Å².